The molecule has 1 aliphatic carbocycles. The molecule has 21 heavy (non-hydrogen) atoms. The molecule has 1 aromatic rings. The first-order chi connectivity index (χ1) is 9.85. The maximum absolute atomic E-state index is 12.4. The first kappa shape index (κ1) is 17.0. The molecule has 1 fully saturated rings. The lowest BCUT2D eigenvalue weighted by atomic mass is 10.2. The molecule has 2 N–H and O–H groups in total. The van der Waals surface area contributed by atoms with Crippen molar-refractivity contribution in [1.82, 2.24) is 10.0 Å². The molecule has 7 heteroatoms. The monoisotopic (exact) mass is 350 g/mol. The van der Waals surface area contributed by atoms with Gasteiger partial charge in [0.05, 0.1) is 5.02 Å². The third kappa shape index (κ3) is 4.33. The van der Waals surface area contributed by atoms with Crippen LogP contribution in [0.25, 0.3) is 0 Å². The van der Waals surface area contributed by atoms with Gasteiger partial charge in [0.15, 0.2) is 0 Å². The van der Waals surface area contributed by atoms with E-state index in [9.17, 15) is 8.42 Å². The molecule has 0 spiro atoms. The summed E-state index contributed by atoms with van der Waals surface area (Å²) in [6.45, 7) is 4.22. The highest BCUT2D eigenvalue weighted by atomic mass is 35.5. The molecule has 1 atom stereocenters. The van der Waals surface area contributed by atoms with Crippen LogP contribution in [-0.4, -0.2) is 20.5 Å². The molecular formula is C14H20Cl2N2O2S. The molecule has 0 saturated heterocycles. The lowest BCUT2D eigenvalue weighted by molar-refractivity contribution is 0.555. The minimum atomic E-state index is -3.63. The summed E-state index contributed by atoms with van der Waals surface area (Å²) < 4.78 is 27.4. The highest BCUT2D eigenvalue weighted by Crippen LogP contribution is 2.32. The van der Waals surface area contributed by atoms with Crippen LogP contribution in [0.15, 0.2) is 17.0 Å². The van der Waals surface area contributed by atoms with Gasteiger partial charge in [-0.3, -0.25) is 0 Å². The van der Waals surface area contributed by atoms with Crippen molar-refractivity contribution < 1.29 is 8.42 Å². The highest BCUT2D eigenvalue weighted by Gasteiger charge is 2.25. The Morgan fingerprint density at radius 1 is 1.33 bits per heavy atom. The summed E-state index contributed by atoms with van der Waals surface area (Å²) in [7, 11) is -3.63. The first-order valence-corrected chi connectivity index (χ1v) is 9.31. The number of nitrogens with one attached hydrogen (secondary N) is 2. The fourth-order valence-corrected chi connectivity index (χ4v) is 4.13. The Hall–Kier alpha value is -0.330. The summed E-state index contributed by atoms with van der Waals surface area (Å²) in [5.41, 5.74) is 0.636. The van der Waals surface area contributed by atoms with Crippen LogP contribution >= 0.6 is 23.2 Å². The Kier molecular flexibility index (Phi) is 5.54. The number of hydrogen-bond donors (Lipinski definition) is 2. The van der Waals surface area contributed by atoms with E-state index in [1.54, 1.807) is 6.07 Å². The van der Waals surface area contributed by atoms with Crippen molar-refractivity contribution in [3.63, 3.8) is 0 Å². The summed E-state index contributed by atoms with van der Waals surface area (Å²) >= 11 is 12.4. The van der Waals surface area contributed by atoms with Gasteiger partial charge in [0, 0.05) is 29.2 Å². The predicted molar refractivity (Wildman–Crippen MR) is 86.4 cm³/mol. The van der Waals surface area contributed by atoms with Crippen LogP contribution in [0.5, 0.6) is 0 Å². The van der Waals surface area contributed by atoms with Crippen LogP contribution in [0.3, 0.4) is 0 Å². The zero-order chi connectivity index (χ0) is 15.6. The molecular weight excluding hydrogens is 331 g/mol. The summed E-state index contributed by atoms with van der Waals surface area (Å²) in [6, 6.07) is 3.39. The van der Waals surface area contributed by atoms with Crippen molar-refractivity contribution in [2.45, 2.75) is 56.6 Å². The predicted octanol–water partition coefficient (Wildman–Crippen LogP) is 3.32. The van der Waals surface area contributed by atoms with Crippen LogP contribution in [-0.2, 0) is 16.6 Å². The summed E-state index contributed by atoms with van der Waals surface area (Å²) in [6.07, 6.45) is 2.99. The van der Waals surface area contributed by atoms with Crippen molar-refractivity contribution in [2.24, 2.45) is 0 Å². The Labute approximate surface area is 136 Å². The van der Waals surface area contributed by atoms with Crippen LogP contribution < -0.4 is 10.0 Å². The Balaban J connectivity index is 2.28. The average Bonchev–Trinajstić information content (AvgIpc) is 3.21. The Morgan fingerprint density at radius 2 is 2.00 bits per heavy atom. The van der Waals surface area contributed by atoms with Gasteiger partial charge in [0.1, 0.15) is 4.90 Å². The van der Waals surface area contributed by atoms with Gasteiger partial charge in [0.25, 0.3) is 0 Å². The lowest BCUT2D eigenvalue weighted by Gasteiger charge is -2.16. The summed E-state index contributed by atoms with van der Waals surface area (Å²) in [4.78, 5) is 0.0847. The van der Waals surface area contributed by atoms with Gasteiger partial charge in [-0.25, -0.2) is 13.1 Å². The molecule has 0 amide bonds. The zero-order valence-electron chi connectivity index (χ0n) is 12.1. The highest BCUT2D eigenvalue weighted by molar-refractivity contribution is 7.89. The molecule has 2 rings (SSSR count). The van der Waals surface area contributed by atoms with Crippen LogP contribution in [0.4, 0.5) is 0 Å². The summed E-state index contributed by atoms with van der Waals surface area (Å²) in [5.74, 6) is 0. The van der Waals surface area contributed by atoms with E-state index < -0.39 is 10.0 Å². The van der Waals surface area contributed by atoms with Crippen molar-refractivity contribution >= 4 is 33.2 Å². The van der Waals surface area contributed by atoms with Gasteiger partial charge in [-0.15, -0.1) is 0 Å². The molecule has 4 nitrogen and oxygen atoms in total. The van der Waals surface area contributed by atoms with E-state index in [4.69, 9.17) is 23.2 Å². The van der Waals surface area contributed by atoms with E-state index in [2.05, 4.69) is 10.0 Å². The number of halogens is 2. The van der Waals surface area contributed by atoms with Gasteiger partial charge in [-0.1, -0.05) is 30.1 Å². The van der Waals surface area contributed by atoms with Gasteiger partial charge >= 0.3 is 0 Å². The molecule has 0 radical (unpaired) electrons. The maximum Gasteiger partial charge on any atom is 0.242 e. The van der Waals surface area contributed by atoms with Gasteiger partial charge in [-0.2, -0.15) is 0 Å². The minimum absolute atomic E-state index is 0.0847. The molecule has 1 aliphatic rings. The first-order valence-electron chi connectivity index (χ1n) is 7.07. The average molecular weight is 351 g/mol. The Morgan fingerprint density at radius 3 is 2.57 bits per heavy atom. The molecule has 0 heterocycles. The van der Waals surface area contributed by atoms with Crippen LogP contribution in [0.1, 0.15) is 38.7 Å². The number of hydrogen-bond acceptors (Lipinski definition) is 3. The number of sulfonamides is 1. The quantitative estimate of drug-likeness (QED) is 0.792. The largest absolute Gasteiger partial charge is 0.310 e. The topological polar surface area (TPSA) is 58.2 Å². The third-order valence-corrected chi connectivity index (χ3v) is 6.08. The normalized spacial score (nSPS) is 17.0. The van der Waals surface area contributed by atoms with Crippen molar-refractivity contribution in [3.05, 3.63) is 27.7 Å². The van der Waals surface area contributed by atoms with E-state index in [1.807, 2.05) is 13.8 Å². The maximum atomic E-state index is 12.4. The third-order valence-electron chi connectivity index (χ3n) is 3.55. The SMILES string of the molecule is CCC(C)NS(=O)(=O)c1ccc(Cl)c(CNC2CC2)c1Cl. The number of benzene rings is 1. The standard InChI is InChI=1S/C14H20Cl2N2O2S/c1-3-9(2)18-21(19,20)13-7-6-12(15)11(14(13)16)8-17-10-4-5-10/h6-7,9-10,17-18H,3-5,8H2,1-2H3. The van der Waals surface area contributed by atoms with Crippen molar-refractivity contribution in [2.75, 3.05) is 0 Å². The fraction of sp³-hybridized carbons (Fsp3) is 0.571. The second-order valence-electron chi connectivity index (χ2n) is 5.42. The Bertz CT molecular complexity index is 616. The molecule has 0 aliphatic heterocycles. The molecule has 118 valence electrons. The van der Waals surface area contributed by atoms with Gasteiger partial charge < -0.3 is 5.32 Å². The fourth-order valence-electron chi connectivity index (χ4n) is 1.89. The molecule has 1 unspecified atom stereocenters. The molecule has 1 aromatic carbocycles. The second-order valence-corrected chi connectivity index (χ2v) is 7.89. The zero-order valence-corrected chi connectivity index (χ0v) is 14.4. The van der Waals surface area contributed by atoms with Crippen molar-refractivity contribution in [3.8, 4) is 0 Å². The molecule has 0 aromatic heterocycles. The minimum Gasteiger partial charge on any atom is -0.310 e. The van der Waals surface area contributed by atoms with Gasteiger partial charge in [-0.05, 0) is 38.3 Å². The van der Waals surface area contributed by atoms with E-state index >= 15 is 0 Å². The second kappa shape index (κ2) is 6.84. The van der Waals surface area contributed by atoms with Crippen molar-refractivity contribution in [1.29, 1.82) is 0 Å². The smallest absolute Gasteiger partial charge is 0.242 e. The lowest BCUT2D eigenvalue weighted by Crippen LogP contribution is -2.32. The van der Waals surface area contributed by atoms with E-state index in [1.165, 1.54) is 6.07 Å². The van der Waals surface area contributed by atoms with E-state index in [0.29, 0.717) is 29.6 Å². The van der Waals surface area contributed by atoms with E-state index in [0.717, 1.165) is 12.8 Å². The summed E-state index contributed by atoms with van der Waals surface area (Å²) in [5, 5.41) is 3.98. The van der Waals surface area contributed by atoms with E-state index in [-0.39, 0.29) is 16.0 Å². The molecule has 0 bridgehead atoms. The van der Waals surface area contributed by atoms with Crippen LogP contribution in [0, 0.1) is 0 Å². The van der Waals surface area contributed by atoms with Gasteiger partial charge in [0.2, 0.25) is 10.0 Å². The number of rotatable bonds is 7. The van der Waals surface area contributed by atoms with Crippen LogP contribution in [0.2, 0.25) is 10.0 Å². The molecule has 1 saturated carbocycles.